The summed E-state index contributed by atoms with van der Waals surface area (Å²) in [5.41, 5.74) is 10.1. The number of carbonyl (C=O) groups is 2. The first kappa shape index (κ1) is 22.8. The molecular weight excluding hydrogens is 406 g/mol. The van der Waals surface area contributed by atoms with Gasteiger partial charge in [-0.15, -0.1) is 0 Å². The fraction of sp³-hybridized carbons (Fsp3) is 0.158. The van der Waals surface area contributed by atoms with Gasteiger partial charge in [0.1, 0.15) is 11.4 Å². The molecule has 3 amide bonds. The number of hydrogen-bond donors (Lipinski definition) is 4. The van der Waals surface area contributed by atoms with Gasteiger partial charge in [-0.3, -0.25) is 20.3 Å². The van der Waals surface area contributed by atoms with Gasteiger partial charge in [-0.1, -0.05) is 18.2 Å². The highest BCUT2D eigenvalue weighted by atomic mass is 16.6. The normalized spacial score (nSPS) is 11.5. The number of rotatable bonds is 8. The lowest BCUT2D eigenvalue weighted by Crippen LogP contribution is -2.33. The minimum absolute atomic E-state index is 0.00605. The Morgan fingerprint density at radius 1 is 1.13 bits per heavy atom. The molecule has 0 aliphatic rings. The lowest BCUT2D eigenvalue weighted by atomic mass is 10.2. The fourth-order valence-electron chi connectivity index (χ4n) is 2.42. The van der Waals surface area contributed by atoms with E-state index < -0.39 is 16.9 Å². The van der Waals surface area contributed by atoms with Gasteiger partial charge in [0.05, 0.1) is 23.4 Å². The van der Waals surface area contributed by atoms with Crippen molar-refractivity contribution >= 4 is 40.4 Å². The van der Waals surface area contributed by atoms with Gasteiger partial charge in [-0.25, -0.2) is 10.2 Å². The van der Waals surface area contributed by atoms with Crippen LogP contribution in [0.2, 0.25) is 0 Å². The maximum Gasteiger partial charge on any atom is 0.332 e. The molecule has 12 heteroatoms. The molecule has 0 fully saturated rings. The number of nitrogens with two attached hydrogens (primary N) is 1. The highest BCUT2D eigenvalue weighted by Crippen LogP contribution is 2.26. The number of nitro benzene ring substituents is 1. The highest BCUT2D eigenvalue weighted by Gasteiger charge is 2.19. The van der Waals surface area contributed by atoms with Crippen molar-refractivity contribution in [1.82, 2.24) is 5.43 Å². The Hall–Kier alpha value is -4.48. The van der Waals surface area contributed by atoms with E-state index in [0.717, 1.165) is 0 Å². The number of amides is 3. The number of para-hydroxylation sites is 2. The molecule has 12 nitrogen and oxygen atoms in total. The van der Waals surface area contributed by atoms with Crippen molar-refractivity contribution in [2.45, 2.75) is 13.8 Å². The SMILES string of the molecule is COc1ccccc1NC(=O)C(=N/Nc1ccc(C)cc1[N+](=O)[O-])/C(C)=N/NC(N)=O. The third-order valence-corrected chi connectivity index (χ3v) is 3.88. The van der Waals surface area contributed by atoms with Gasteiger partial charge in [0.2, 0.25) is 0 Å². The molecule has 31 heavy (non-hydrogen) atoms. The van der Waals surface area contributed by atoms with Crippen LogP contribution in [0.1, 0.15) is 12.5 Å². The first-order chi connectivity index (χ1) is 14.7. The zero-order valence-electron chi connectivity index (χ0n) is 17.0. The molecule has 0 saturated heterocycles. The van der Waals surface area contributed by atoms with Crippen molar-refractivity contribution in [3.05, 3.63) is 58.1 Å². The van der Waals surface area contributed by atoms with E-state index in [2.05, 4.69) is 20.9 Å². The smallest absolute Gasteiger partial charge is 0.332 e. The Morgan fingerprint density at radius 3 is 2.48 bits per heavy atom. The molecule has 0 aliphatic heterocycles. The third-order valence-electron chi connectivity index (χ3n) is 3.88. The van der Waals surface area contributed by atoms with Gasteiger partial charge in [0.15, 0.2) is 5.71 Å². The van der Waals surface area contributed by atoms with Crippen LogP contribution in [0.25, 0.3) is 0 Å². The number of anilines is 2. The van der Waals surface area contributed by atoms with Crippen LogP contribution < -0.4 is 26.6 Å². The predicted molar refractivity (Wildman–Crippen MR) is 116 cm³/mol. The predicted octanol–water partition coefficient (Wildman–Crippen LogP) is 2.36. The molecule has 0 unspecified atom stereocenters. The second kappa shape index (κ2) is 10.3. The van der Waals surface area contributed by atoms with Crippen LogP contribution in [-0.2, 0) is 4.79 Å². The molecule has 0 aromatic heterocycles. The molecule has 162 valence electrons. The third kappa shape index (κ3) is 6.25. The molecule has 2 aromatic carbocycles. The van der Waals surface area contributed by atoms with Crippen molar-refractivity contribution in [1.29, 1.82) is 0 Å². The van der Waals surface area contributed by atoms with Gasteiger partial charge >= 0.3 is 6.03 Å². The Bertz CT molecular complexity index is 1070. The molecule has 0 saturated carbocycles. The number of nitrogens with one attached hydrogen (secondary N) is 3. The minimum Gasteiger partial charge on any atom is -0.495 e. The van der Waals surface area contributed by atoms with E-state index in [9.17, 15) is 19.7 Å². The standard InChI is InChI=1S/C19H21N7O5/c1-11-8-9-13(15(10-11)26(29)30)23-24-17(12(2)22-25-19(20)28)18(27)21-14-6-4-5-7-16(14)31-3/h4-10,23H,1-3H3,(H,21,27)(H3,20,25,28)/b22-12+,24-17+. The molecule has 5 N–H and O–H groups in total. The molecule has 0 aliphatic carbocycles. The van der Waals surface area contributed by atoms with Crippen LogP contribution in [0.5, 0.6) is 5.75 Å². The van der Waals surface area contributed by atoms with E-state index >= 15 is 0 Å². The monoisotopic (exact) mass is 427 g/mol. The molecule has 0 radical (unpaired) electrons. The Balaban J connectivity index is 2.41. The maximum atomic E-state index is 12.9. The van der Waals surface area contributed by atoms with Crippen LogP contribution in [-0.4, -0.2) is 35.4 Å². The summed E-state index contributed by atoms with van der Waals surface area (Å²) in [7, 11) is 1.45. The van der Waals surface area contributed by atoms with E-state index in [1.807, 2.05) is 5.43 Å². The Labute approximate surface area is 177 Å². The second-order valence-electron chi connectivity index (χ2n) is 6.18. The van der Waals surface area contributed by atoms with Crippen LogP contribution in [0, 0.1) is 17.0 Å². The number of aryl methyl sites for hydroxylation is 1. The Morgan fingerprint density at radius 2 is 1.84 bits per heavy atom. The molecule has 0 atom stereocenters. The van der Waals surface area contributed by atoms with Crippen LogP contribution in [0.15, 0.2) is 52.7 Å². The molecule has 0 heterocycles. The number of urea groups is 1. The molecule has 2 aromatic rings. The summed E-state index contributed by atoms with van der Waals surface area (Å²) < 4.78 is 5.20. The van der Waals surface area contributed by atoms with Crippen molar-refractivity contribution in [2.24, 2.45) is 15.9 Å². The van der Waals surface area contributed by atoms with Crippen molar-refractivity contribution in [3.63, 3.8) is 0 Å². The molecular formula is C19H21N7O5. The summed E-state index contributed by atoms with van der Waals surface area (Å²) in [5, 5.41) is 21.6. The highest BCUT2D eigenvalue weighted by molar-refractivity contribution is 6.68. The van der Waals surface area contributed by atoms with Crippen LogP contribution in [0.3, 0.4) is 0 Å². The van der Waals surface area contributed by atoms with E-state index in [-0.39, 0.29) is 22.8 Å². The number of hydrazone groups is 2. The topological polar surface area (TPSA) is 173 Å². The molecule has 0 spiro atoms. The van der Waals surface area contributed by atoms with E-state index in [0.29, 0.717) is 17.0 Å². The Kier molecular flexibility index (Phi) is 7.61. The van der Waals surface area contributed by atoms with Crippen molar-refractivity contribution < 1.29 is 19.2 Å². The largest absolute Gasteiger partial charge is 0.495 e. The lowest BCUT2D eigenvalue weighted by molar-refractivity contribution is -0.384. The average molecular weight is 427 g/mol. The number of benzene rings is 2. The zero-order chi connectivity index (χ0) is 23.0. The van der Waals surface area contributed by atoms with E-state index in [4.69, 9.17) is 10.5 Å². The van der Waals surface area contributed by atoms with Crippen molar-refractivity contribution in [2.75, 3.05) is 17.9 Å². The van der Waals surface area contributed by atoms with Gasteiger partial charge in [-0.2, -0.15) is 10.2 Å². The summed E-state index contributed by atoms with van der Waals surface area (Å²) in [4.78, 5) is 34.6. The quantitative estimate of drug-likeness (QED) is 0.286. The van der Waals surface area contributed by atoms with Crippen molar-refractivity contribution in [3.8, 4) is 5.75 Å². The second-order valence-corrected chi connectivity index (χ2v) is 6.18. The van der Waals surface area contributed by atoms with Crippen LogP contribution >= 0.6 is 0 Å². The first-order valence-electron chi connectivity index (χ1n) is 8.86. The maximum absolute atomic E-state index is 12.9. The number of nitro groups is 1. The summed E-state index contributed by atoms with van der Waals surface area (Å²) in [6.07, 6.45) is 0. The van der Waals surface area contributed by atoms with E-state index in [1.165, 1.54) is 26.2 Å². The number of methoxy groups -OCH3 is 1. The fourth-order valence-corrected chi connectivity index (χ4v) is 2.42. The van der Waals surface area contributed by atoms with E-state index in [1.54, 1.807) is 37.3 Å². The summed E-state index contributed by atoms with van der Waals surface area (Å²) >= 11 is 0. The number of ether oxygens (including phenoxy) is 1. The number of nitrogens with zero attached hydrogens (tertiary/aromatic N) is 3. The van der Waals surface area contributed by atoms with Gasteiger partial charge in [0.25, 0.3) is 11.6 Å². The zero-order valence-corrected chi connectivity index (χ0v) is 17.0. The number of hydrogen-bond acceptors (Lipinski definition) is 8. The molecule has 2 rings (SSSR count). The first-order valence-corrected chi connectivity index (χ1v) is 8.86. The summed E-state index contributed by atoms with van der Waals surface area (Å²) in [6.45, 7) is 3.11. The van der Waals surface area contributed by atoms with Crippen LogP contribution in [0.4, 0.5) is 21.9 Å². The number of primary amides is 1. The minimum atomic E-state index is -0.939. The van der Waals surface area contributed by atoms with Gasteiger partial charge in [0, 0.05) is 6.07 Å². The van der Waals surface area contributed by atoms with Gasteiger partial charge < -0.3 is 15.8 Å². The lowest BCUT2D eigenvalue weighted by Gasteiger charge is -2.12. The number of carbonyl (C=O) groups excluding carboxylic acids is 2. The molecule has 0 bridgehead atoms. The summed E-state index contributed by atoms with van der Waals surface area (Å²) in [5.74, 6) is -0.304. The van der Waals surface area contributed by atoms with Gasteiger partial charge in [-0.05, 0) is 37.6 Å². The summed E-state index contributed by atoms with van der Waals surface area (Å²) in [6, 6.07) is 10.2. The average Bonchev–Trinajstić information content (AvgIpc) is 2.73.